The van der Waals surface area contributed by atoms with E-state index in [1.54, 1.807) is 6.26 Å². The summed E-state index contributed by atoms with van der Waals surface area (Å²) in [6, 6.07) is 0.590. The Bertz CT molecular complexity index is 232. The predicted octanol–water partition coefficient (Wildman–Crippen LogP) is 1.05. The average Bonchev–Trinajstić information content (AvgIpc) is 2.36. The summed E-state index contributed by atoms with van der Waals surface area (Å²) in [7, 11) is 2.13. The highest BCUT2D eigenvalue weighted by Gasteiger charge is 2.21. The Morgan fingerprint density at radius 3 is 3.36 bits per heavy atom. The molecule has 3 nitrogen and oxygen atoms in total. The van der Waals surface area contributed by atoms with Crippen LogP contribution in [0.15, 0.2) is 10.8 Å². The van der Waals surface area contributed by atoms with Crippen molar-refractivity contribution in [2.75, 3.05) is 7.05 Å². The maximum atomic E-state index is 4.89. The van der Waals surface area contributed by atoms with Gasteiger partial charge in [0.1, 0.15) is 6.26 Å². The number of likely N-dealkylation sites (N-methyl/N-ethyl adjacent to an activating group) is 1. The highest BCUT2D eigenvalue weighted by atomic mass is 16.5. The smallest absolute Gasteiger partial charge is 0.128 e. The molecule has 0 fully saturated rings. The normalized spacial score (nSPS) is 25.1. The second-order valence-corrected chi connectivity index (χ2v) is 3.25. The average molecular weight is 152 g/mol. The number of rotatable bonds is 0. The lowest BCUT2D eigenvalue weighted by atomic mass is 10.0. The Labute approximate surface area is 66.0 Å². The quantitative estimate of drug-likeness (QED) is 0.556. The van der Waals surface area contributed by atoms with Gasteiger partial charge in [0.05, 0.1) is 5.69 Å². The molecule has 1 aromatic heterocycles. The molecule has 1 aliphatic rings. The minimum atomic E-state index is 0.590. The summed E-state index contributed by atoms with van der Waals surface area (Å²) in [6.45, 7) is 3.18. The standard InChI is InChI=1S/C8H12N2O/c1-6-3-8-7(4-10(6)2)5-11-9-8/h5-6H,3-4H2,1-2H3. The van der Waals surface area contributed by atoms with Crippen molar-refractivity contribution in [1.82, 2.24) is 10.1 Å². The summed E-state index contributed by atoms with van der Waals surface area (Å²) >= 11 is 0. The van der Waals surface area contributed by atoms with Crippen molar-refractivity contribution in [2.24, 2.45) is 0 Å². The van der Waals surface area contributed by atoms with Crippen molar-refractivity contribution in [1.29, 1.82) is 0 Å². The molecule has 3 heteroatoms. The van der Waals surface area contributed by atoms with Gasteiger partial charge in [0.2, 0.25) is 0 Å². The Balaban J connectivity index is 2.30. The van der Waals surface area contributed by atoms with E-state index in [0.717, 1.165) is 18.7 Å². The third-order valence-electron chi connectivity index (χ3n) is 2.39. The molecule has 2 rings (SSSR count). The van der Waals surface area contributed by atoms with Gasteiger partial charge in [-0.25, -0.2) is 0 Å². The van der Waals surface area contributed by atoms with Gasteiger partial charge < -0.3 is 4.52 Å². The zero-order chi connectivity index (χ0) is 7.84. The van der Waals surface area contributed by atoms with E-state index in [0.29, 0.717) is 6.04 Å². The van der Waals surface area contributed by atoms with E-state index in [1.165, 1.54) is 5.56 Å². The first-order valence-electron chi connectivity index (χ1n) is 3.89. The number of fused-ring (bicyclic) bond motifs is 1. The van der Waals surface area contributed by atoms with E-state index in [9.17, 15) is 0 Å². The van der Waals surface area contributed by atoms with E-state index in [4.69, 9.17) is 4.52 Å². The van der Waals surface area contributed by atoms with Crippen molar-refractivity contribution in [3.05, 3.63) is 17.5 Å². The highest BCUT2D eigenvalue weighted by molar-refractivity contribution is 5.18. The molecule has 1 unspecified atom stereocenters. The predicted molar refractivity (Wildman–Crippen MR) is 41.1 cm³/mol. The molecule has 1 aliphatic heterocycles. The molecule has 0 bridgehead atoms. The van der Waals surface area contributed by atoms with Gasteiger partial charge in [-0.1, -0.05) is 5.16 Å². The van der Waals surface area contributed by atoms with Crippen LogP contribution in [0.1, 0.15) is 18.2 Å². The summed E-state index contributed by atoms with van der Waals surface area (Å²) in [5, 5.41) is 3.94. The maximum absolute atomic E-state index is 4.89. The van der Waals surface area contributed by atoms with Crippen molar-refractivity contribution < 1.29 is 4.52 Å². The second kappa shape index (κ2) is 2.34. The summed E-state index contributed by atoms with van der Waals surface area (Å²) in [6.07, 6.45) is 2.76. The van der Waals surface area contributed by atoms with Gasteiger partial charge in [-0.3, -0.25) is 4.90 Å². The van der Waals surface area contributed by atoms with E-state index in [1.807, 2.05) is 0 Å². The molecule has 60 valence electrons. The molecule has 0 aromatic carbocycles. The highest BCUT2D eigenvalue weighted by Crippen LogP contribution is 2.19. The van der Waals surface area contributed by atoms with Crippen LogP contribution >= 0.6 is 0 Å². The van der Waals surface area contributed by atoms with Gasteiger partial charge in [-0.2, -0.15) is 0 Å². The summed E-state index contributed by atoms with van der Waals surface area (Å²) in [5.41, 5.74) is 2.38. The van der Waals surface area contributed by atoms with Crippen LogP contribution in [0.5, 0.6) is 0 Å². The number of nitrogens with zero attached hydrogens (tertiary/aromatic N) is 2. The molecule has 1 aromatic rings. The fraction of sp³-hybridized carbons (Fsp3) is 0.625. The SMILES string of the molecule is CC1Cc2nocc2CN1C. The minimum absolute atomic E-state index is 0.590. The molecule has 11 heavy (non-hydrogen) atoms. The summed E-state index contributed by atoms with van der Waals surface area (Å²) in [5.74, 6) is 0. The Kier molecular flexibility index (Phi) is 1.46. The number of hydrogen-bond acceptors (Lipinski definition) is 3. The number of hydrogen-bond donors (Lipinski definition) is 0. The maximum Gasteiger partial charge on any atom is 0.128 e. The van der Waals surface area contributed by atoms with E-state index in [2.05, 4.69) is 24.0 Å². The molecule has 0 N–H and O–H groups in total. The first kappa shape index (κ1) is 6.85. The molecule has 1 atom stereocenters. The van der Waals surface area contributed by atoms with Gasteiger partial charge >= 0.3 is 0 Å². The minimum Gasteiger partial charge on any atom is -0.364 e. The molecule has 2 heterocycles. The van der Waals surface area contributed by atoms with Gasteiger partial charge in [-0.05, 0) is 14.0 Å². The van der Waals surface area contributed by atoms with Crippen molar-refractivity contribution >= 4 is 0 Å². The fourth-order valence-corrected chi connectivity index (χ4v) is 1.44. The molecule has 0 spiro atoms. The van der Waals surface area contributed by atoms with Gasteiger partial charge in [0, 0.05) is 24.6 Å². The van der Waals surface area contributed by atoms with Crippen LogP contribution in [0.2, 0.25) is 0 Å². The van der Waals surface area contributed by atoms with Gasteiger partial charge in [0.15, 0.2) is 0 Å². The zero-order valence-electron chi connectivity index (χ0n) is 6.87. The number of aromatic nitrogens is 1. The van der Waals surface area contributed by atoms with Crippen LogP contribution in [0, 0.1) is 0 Å². The van der Waals surface area contributed by atoms with Crippen molar-refractivity contribution in [2.45, 2.75) is 25.9 Å². The topological polar surface area (TPSA) is 29.3 Å². The van der Waals surface area contributed by atoms with Gasteiger partial charge in [0.25, 0.3) is 0 Å². The van der Waals surface area contributed by atoms with Crippen LogP contribution in [0.3, 0.4) is 0 Å². The largest absolute Gasteiger partial charge is 0.364 e. The first-order valence-corrected chi connectivity index (χ1v) is 3.89. The second-order valence-electron chi connectivity index (χ2n) is 3.25. The molecule has 0 saturated carbocycles. The van der Waals surface area contributed by atoms with E-state index < -0.39 is 0 Å². The lowest BCUT2D eigenvalue weighted by Crippen LogP contribution is -2.34. The van der Waals surface area contributed by atoms with E-state index >= 15 is 0 Å². The Morgan fingerprint density at radius 1 is 1.73 bits per heavy atom. The zero-order valence-corrected chi connectivity index (χ0v) is 6.87. The van der Waals surface area contributed by atoms with Gasteiger partial charge in [-0.15, -0.1) is 0 Å². The van der Waals surface area contributed by atoms with Crippen LogP contribution < -0.4 is 0 Å². The third-order valence-corrected chi connectivity index (χ3v) is 2.39. The van der Waals surface area contributed by atoms with E-state index in [-0.39, 0.29) is 0 Å². The Morgan fingerprint density at radius 2 is 2.55 bits per heavy atom. The monoisotopic (exact) mass is 152 g/mol. The lowest BCUT2D eigenvalue weighted by molar-refractivity contribution is 0.229. The molecular weight excluding hydrogens is 140 g/mol. The van der Waals surface area contributed by atoms with Crippen LogP contribution in [0.25, 0.3) is 0 Å². The van der Waals surface area contributed by atoms with Crippen molar-refractivity contribution in [3.8, 4) is 0 Å². The molecule has 0 amide bonds. The fourth-order valence-electron chi connectivity index (χ4n) is 1.44. The summed E-state index contributed by atoms with van der Waals surface area (Å²) < 4.78 is 4.89. The Hall–Kier alpha value is -0.830. The van der Waals surface area contributed by atoms with Crippen molar-refractivity contribution in [3.63, 3.8) is 0 Å². The first-order chi connectivity index (χ1) is 5.27. The lowest BCUT2D eigenvalue weighted by Gasteiger charge is -2.27. The molecule has 0 saturated heterocycles. The molecule has 0 aliphatic carbocycles. The molecular formula is C8H12N2O. The third kappa shape index (κ3) is 1.05. The van der Waals surface area contributed by atoms with Crippen LogP contribution in [-0.4, -0.2) is 23.1 Å². The van der Waals surface area contributed by atoms with Crippen LogP contribution in [-0.2, 0) is 13.0 Å². The van der Waals surface area contributed by atoms with Crippen LogP contribution in [0.4, 0.5) is 0 Å². The molecule has 0 radical (unpaired) electrons. The summed E-state index contributed by atoms with van der Waals surface area (Å²) in [4.78, 5) is 2.31.